The van der Waals surface area contributed by atoms with Gasteiger partial charge < -0.3 is 16.0 Å². The van der Waals surface area contributed by atoms with Crippen molar-refractivity contribution >= 4 is 23.0 Å². The van der Waals surface area contributed by atoms with Gasteiger partial charge in [-0.1, -0.05) is 12.2 Å². The average molecular weight is 280 g/mol. The molecule has 19 heavy (non-hydrogen) atoms. The molecule has 0 aliphatic carbocycles. The maximum absolute atomic E-state index is 5.81. The predicted octanol–water partition coefficient (Wildman–Crippen LogP) is 2.08. The Morgan fingerprint density at radius 2 is 2.00 bits per heavy atom. The highest BCUT2D eigenvalue weighted by atomic mass is 32.1. The van der Waals surface area contributed by atoms with E-state index in [0.717, 1.165) is 29.2 Å². The van der Waals surface area contributed by atoms with E-state index in [4.69, 9.17) is 18.0 Å². The maximum Gasteiger partial charge on any atom is 0.136 e. The standard InChI is InChI=1S/C14H24N4S/c1-9-7-10(2)17-13(11(9)12(15)19)16-8-14(3,4)18(5)6/h7H,8H2,1-6H3,(H2,15,19)(H,16,17). The van der Waals surface area contributed by atoms with Gasteiger partial charge in [0.15, 0.2) is 0 Å². The van der Waals surface area contributed by atoms with Gasteiger partial charge in [0.05, 0.1) is 5.56 Å². The third-order valence-corrected chi connectivity index (χ3v) is 3.69. The molecule has 0 saturated carbocycles. The lowest BCUT2D eigenvalue weighted by Gasteiger charge is -2.33. The first kappa shape index (κ1) is 15.9. The number of aromatic nitrogens is 1. The largest absolute Gasteiger partial charge is 0.389 e. The fourth-order valence-corrected chi connectivity index (χ4v) is 1.99. The molecule has 1 heterocycles. The van der Waals surface area contributed by atoms with Crippen molar-refractivity contribution < 1.29 is 0 Å². The highest BCUT2D eigenvalue weighted by Crippen LogP contribution is 2.20. The summed E-state index contributed by atoms with van der Waals surface area (Å²) < 4.78 is 0. The van der Waals surface area contributed by atoms with E-state index in [1.54, 1.807) is 0 Å². The molecule has 0 unspecified atom stereocenters. The van der Waals surface area contributed by atoms with Gasteiger partial charge in [-0.2, -0.15) is 0 Å². The summed E-state index contributed by atoms with van der Waals surface area (Å²) in [6, 6.07) is 2.00. The number of nitrogens with zero attached hydrogens (tertiary/aromatic N) is 2. The first-order valence-electron chi connectivity index (χ1n) is 6.34. The van der Waals surface area contributed by atoms with Gasteiger partial charge >= 0.3 is 0 Å². The van der Waals surface area contributed by atoms with E-state index in [1.165, 1.54) is 0 Å². The van der Waals surface area contributed by atoms with Crippen LogP contribution in [0.15, 0.2) is 6.07 Å². The van der Waals surface area contributed by atoms with E-state index in [1.807, 2.05) is 19.9 Å². The summed E-state index contributed by atoms with van der Waals surface area (Å²) in [5.74, 6) is 0.778. The number of aryl methyl sites for hydroxylation is 2. The minimum absolute atomic E-state index is 0.0207. The predicted molar refractivity (Wildman–Crippen MR) is 85.9 cm³/mol. The van der Waals surface area contributed by atoms with Gasteiger partial charge in [0.25, 0.3) is 0 Å². The highest BCUT2D eigenvalue weighted by Gasteiger charge is 2.21. The molecule has 1 aromatic rings. The van der Waals surface area contributed by atoms with Gasteiger partial charge in [0.1, 0.15) is 10.8 Å². The number of nitrogens with two attached hydrogens (primary N) is 1. The number of nitrogens with one attached hydrogen (secondary N) is 1. The van der Waals surface area contributed by atoms with E-state index in [9.17, 15) is 0 Å². The van der Waals surface area contributed by atoms with Crippen LogP contribution in [0.4, 0.5) is 5.82 Å². The third kappa shape index (κ3) is 3.88. The topological polar surface area (TPSA) is 54.2 Å². The van der Waals surface area contributed by atoms with E-state index in [0.29, 0.717) is 4.99 Å². The SMILES string of the molecule is Cc1cc(C)c(C(N)=S)c(NCC(C)(C)N(C)C)n1. The molecule has 0 bridgehead atoms. The van der Waals surface area contributed by atoms with Crippen molar-refractivity contribution in [3.05, 3.63) is 22.9 Å². The van der Waals surface area contributed by atoms with Crippen LogP contribution in [-0.2, 0) is 0 Å². The lowest BCUT2D eigenvalue weighted by atomic mass is 10.0. The molecule has 0 aliphatic heterocycles. The summed E-state index contributed by atoms with van der Waals surface area (Å²) in [5, 5.41) is 3.38. The van der Waals surface area contributed by atoms with Crippen LogP contribution >= 0.6 is 12.2 Å². The Hall–Kier alpha value is -1.20. The number of hydrogen-bond acceptors (Lipinski definition) is 4. The van der Waals surface area contributed by atoms with Crippen LogP contribution in [0.25, 0.3) is 0 Å². The first-order valence-corrected chi connectivity index (χ1v) is 6.75. The molecule has 1 rings (SSSR count). The molecule has 3 N–H and O–H groups in total. The van der Waals surface area contributed by atoms with Gasteiger partial charge in [-0.05, 0) is 53.4 Å². The fourth-order valence-electron chi connectivity index (χ4n) is 1.73. The molecule has 1 aromatic heterocycles. The van der Waals surface area contributed by atoms with Gasteiger partial charge in [-0.15, -0.1) is 0 Å². The molecule has 0 amide bonds. The van der Waals surface area contributed by atoms with Gasteiger partial charge in [0, 0.05) is 17.8 Å². The number of anilines is 1. The van der Waals surface area contributed by atoms with Crippen molar-refractivity contribution in [2.75, 3.05) is 26.0 Å². The summed E-state index contributed by atoms with van der Waals surface area (Å²) in [4.78, 5) is 7.07. The minimum Gasteiger partial charge on any atom is -0.389 e. The molecule has 0 aromatic carbocycles. The second-order valence-corrected chi connectivity index (χ2v) is 6.17. The third-order valence-electron chi connectivity index (χ3n) is 3.49. The van der Waals surface area contributed by atoms with Crippen molar-refractivity contribution in [1.29, 1.82) is 0 Å². The summed E-state index contributed by atoms with van der Waals surface area (Å²) in [6.07, 6.45) is 0. The van der Waals surface area contributed by atoms with E-state index >= 15 is 0 Å². The summed E-state index contributed by atoms with van der Waals surface area (Å²) in [7, 11) is 4.12. The number of pyridine rings is 1. The van der Waals surface area contributed by atoms with Crippen LogP contribution in [0, 0.1) is 13.8 Å². The van der Waals surface area contributed by atoms with Crippen molar-refractivity contribution in [2.45, 2.75) is 33.2 Å². The quantitative estimate of drug-likeness (QED) is 0.809. The molecule has 0 fully saturated rings. The van der Waals surface area contributed by atoms with E-state index in [-0.39, 0.29) is 5.54 Å². The monoisotopic (exact) mass is 280 g/mol. The Bertz CT molecular complexity index is 481. The second kappa shape index (κ2) is 5.84. The molecule has 5 heteroatoms. The molecular formula is C14H24N4S. The van der Waals surface area contributed by atoms with Gasteiger partial charge in [-0.25, -0.2) is 4.98 Å². The Morgan fingerprint density at radius 3 is 2.47 bits per heavy atom. The van der Waals surface area contributed by atoms with Crippen molar-refractivity contribution in [2.24, 2.45) is 5.73 Å². The first-order chi connectivity index (χ1) is 8.65. The zero-order valence-electron chi connectivity index (χ0n) is 12.7. The fraction of sp³-hybridized carbons (Fsp3) is 0.571. The Morgan fingerprint density at radius 1 is 1.42 bits per heavy atom. The van der Waals surface area contributed by atoms with Crippen LogP contribution in [0.1, 0.15) is 30.7 Å². The number of likely N-dealkylation sites (N-methyl/N-ethyl adjacent to an activating group) is 1. The van der Waals surface area contributed by atoms with Gasteiger partial charge in [0.2, 0.25) is 0 Å². The highest BCUT2D eigenvalue weighted by molar-refractivity contribution is 7.80. The van der Waals surface area contributed by atoms with Crippen molar-refractivity contribution in [1.82, 2.24) is 9.88 Å². The zero-order chi connectivity index (χ0) is 14.8. The Labute approximate surface area is 121 Å². The minimum atomic E-state index is 0.0207. The van der Waals surface area contributed by atoms with E-state index in [2.05, 4.69) is 43.1 Å². The molecule has 0 saturated heterocycles. The molecule has 0 spiro atoms. The van der Waals surface area contributed by atoms with E-state index < -0.39 is 0 Å². The van der Waals surface area contributed by atoms with Crippen LogP contribution < -0.4 is 11.1 Å². The number of thiocarbonyl (C=S) groups is 1. The lowest BCUT2D eigenvalue weighted by molar-refractivity contribution is 0.210. The zero-order valence-corrected chi connectivity index (χ0v) is 13.5. The Balaban J connectivity index is 3.04. The van der Waals surface area contributed by atoms with Crippen LogP contribution in [0.2, 0.25) is 0 Å². The van der Waals surface area contributed by atoms with Crippen LogP contribution in [0.5, 0.6) is 0 Å². The molecule has 0 atom stereocenters. The van der Waals surface area contributed by atoms with Crippen molar-refractivity contribution in [3.8, 4) is 0 Å². The normalized spacial score (nSPS) is 11.7. The average Bonchev–Trinajstić information content (AvgIpc) is 2.24. The molecule has 0 radical (unpaired) electrons. The maximum atomic E-state index is 5.81. The van der Waals surface area contributed by atoms with Crippen LogP contribution in [0.3, 0.4) is 0 Å². The van der Waals surface area contributed by atoms with Crippen LogP contribution in [-0.4, -0.2) is 41.1 Å². The second-order valence-electron chi connectivity index (χ2n) is 5.73. The summed E-state index contributed by atoms with van der Waals surface area (Å²) >= 11 is 5.13. The van der Waals surface area contributed by atoms with Gasteiger partial charge in [-0.3, -0.25) is 0 Å². The Kier molecular flexibility index (Phi) is 4.87. The lowest BCUT2D eigenvalue weighted by Crippen LogP contribution is -2.44. The van der Waals surface area contributed by atoms with Crippen molar-refractivity contribution in [3.63, 3.8) is 0 Å². The summed E-state index contributed by atoms with van der Waals surface area (Å²) in [6.45, 7) is 9.09. The summed E-state index contributed by atoms with van der Waals surface area (Å²) in [5.41, 5.74) is 8.69. The molecular weight excluding hydrogens is 256 g/mol. The number of hydrogen-bond donors (Lipinski definition) is 2. The molecule has 4 nitrogen and oxygen atoms in total. The molecule has 106 valence electrons. The smallest absolute Gasteiger partial charge is 0.136 e. The number of rotatable bonds is 5. The molecule has 0 aliphatic rings.